The fourth-order valence-electron chi connectivity index (χ4n) is 0.606. The molecule has 0 aromatic carbocycles. The van der Waals surface area contributed by atoms with Crippen LogP contribution in [0.25, 0.3) is 0 Å². The van der Waals surface area contributed by atoms with Gasteiger partial charge in [-0.05, 0) is 19.1 Å². The lowest BCUT2D eigenvalue weighted by molar-refractivity contribution is 1.20. The molecule has 10 heavy (non-hydrogen) atoms. The van der Waals surface area contributed by atoms with Gasteiger partial charge >= 0.3 is 0 Å². The van der Waals surface area contributed by atoms with Gasteiger partial charge in [0.25, 0.3) is 0 Å². The second-order valence-corrected chi connectivity index (χ2v) is 1.93. The number of nitrogens with one attached hydrogen (secondary N) is 1. The van der Waals surface area contributed by atoms with Crippen LogP contribution in [-0.2, 0) is 0 Å². The fraction of sp³-hybridized carbons (Fsp3) is 0.143. The van der Waals surface area contributed by atoms with Gasteiger partial charge in [-0.2, -0.15) is 5.26 Å². The third kappa shape index (κ3) is 1.46. The highest BCUT2D eigenvalue weighted by atomic mass is 14.9. The molecular formula is C7H7N3. The molecule has 1 N–H and O–H groups in total. The number of anilines is 1. The highest BCUT2D eigenvalue weighted by Crippen LogP contribution is 2.03. The second-order valence-electron chi connectivity index (χ2n) is 1.93. The van der Waals surface area contributed by atoms with Crippen molar-refractivity contribution in [3.05, 3.63) is 24.0 Å². The van der Waals surface area contributed by atoms with Crippen LogP contribution >= 0.6 is 0 Å². The lowest BCUT2D eigenvalue weighted by atomic mass is 10.3. The van der Waals surface area contributed by atoms with Gasteiger partial charge in [0.1, 0.15) is 0 Å². The standard InChI is InChI=1S/C7H7N3/c1-6-2-3-7(4-9-6)10-5-8/h2-4,10H,1H3. The van der Waals surface area contributed by atoms with E-state index in [0.717, 1.165) is 11.4 Å². The van der Waals surface area contributed by atoms with E-state index in [1.54, 1.807) is 6.20 Å². The molecule has 1 heterocycles. The van der Waals surface area contributed by atoms with Gasteiger partial charge in [-0.3, -0.25) is 10.3 Å². The van der Waals surface area contributed by atoms with E-state index in [1.807, 2.05) is 25.2 Å². The van der Waals surface area contributed by atoms with Crippen molar-refractivity contribution in [2.45, 2.75) is 6.92 Å². The Morgan fingerprint density at radius 3 is 2.90 bits per heavy atom. The van der Waals surface area contributed by atoms with Gasteiger partial charge in [-0.15, -0.1) is 0 Å². The Balaban J connectivity index is 2.81. The zero-order valence-corrected chi connectivity index (χ0v) is 5.63. The summed E-state index contributed by atoms with van der Waals surface area (Å²) in [7, 11) is 0. The molecule has 0 fully saturated rings. The summed E-state index contributed by atoms with van der Waals surface area (Å²) in [5, 5.41) is 10.7. The lowest BCUT2D eigenvalue weighted by Crippen LogP contribution is -1.88. The predicted octanol–water partition coefficient (Wildman–Crippen LogP) is 1.28. The van der Waals surface area contributed by atoms with Gasteiger partial charge in [0, 0.05) is 5.69 Å². The van der Waals surface area contributed by atoms with Crippen molar-refractivity contribution in [3.63, 3.8) is 0 Å². The first-order valence-electron chi connectivity index (χ1n) is 2.90. The molecule has 0 aliphatic carbocycles. The van der Waals surface area contributed by atoms with E-state index in [-0.39, 0.29) is 0 Å². The van der Waals surface area contributed by atoms with E-state index >= 15 is 0 Å². The van der Waals surface area contributed by atoms with Gasteiger partial charge < -0.3 is 0 Å². The van der Waals surface area contributed by atoms with Crippen LogP contribution in [0.15, 0.2) is 18.3 Å². The van der Waals surface area contributed by atoms with Crippen LogP contribution in [0, 0.1) is 18.4 Å². The molecular weight excluding hydrogens is 126 g/mol. The number of rotatable bonds is 1. The number of aryl methyl sites for hydroxylation is 1. The Labute approximate surface area is 59.3 Å². The largest absolute Gasteiger partial charge is 0.291 e. The minimum atomic E-state index is 0.730. The van der Waals surface area contributed by atoms with Crippen LogP contribution in [0.2, 0.25) is 0 Å². The van der Waals surface area contributed by atoms with Crippen molar-refractivity contribution in [2.24, 2.45) is 0 Å². The Hall–Kier alpha value is -1.56. The molecule has 0 atom stereocenters. The minimum Gasteiger partial charge on any atom is -0.291 e. The summed E-state index contributed by atoms with van der Waals surface area (Å²) in [6.07, 6.45) is 3.44. The van der Waals surface area contributed by atoms with Crippen molar-refractivity contribution >= 4 is 5.69 Å². The van der Waals surface area contributed by atoms with Gasteiger partial charge in [0.15, 0.2) is 6.19 Å². The average molecular weight is 133 g/mol. The number of hydrogen-bond donors (Lipinski definition) is 1. The molecule has 1 aromatic heterocycles. The molecule has 3 nitrogen and oxygen atoms in total. The zero-order valence-electron chi connectivity index (χ0n) is 5.63. The van der Waals surface area contributed by atoms with Crippen molar-refractivity contribution < 1.29 is 0 Å². The van der Waals surface area contributed by atoms with Crippen LogP contribution in [0.4, 0.5) is 5.69 Å². The SMILES string of the molecule is Cc1ccc(NC#N)cn1. The Morgan fingerprint density at radius 2 is 2.40 bits per heavy atom. The molecule has 0 bridgehead atoms. The quantitative estimate of drug-likeness (QED) is 0.463. The Bertz CT molecular complexity index is 245. The minimum absolute atomic E-state index is 0.730. The van der Waals surface area contributed by atoms with Crippen LogP contribution in [-0.4, -0.2) is 4.98 Å². The number of aromatic nitrogens is 1. The van der Waals surface area contributed by atoms with Gasteiger partial charge in [-0.25, -0.2) is 0 Å². The maximum absolute atomic E-state index is 8.20. The Kier molecular flexibility index (Phi) is 1.86. The highest BCUT2D eigenvalue weighted by molar-refractivity contribution is 5.44. The second kappa shape index (κ2) is 2.83. The van der Waals surface area contributed by atoms with E-state index in [4.69, 9.17) is 5.26 Å². The van der Waals surface area contributed by atoms with Crippen molar-refractivity contribution in [2.75, 3.05) is 5.32 Å². The van der Waals surface area contributed by atoms with Gasteiger partial charge in [0.05, 0.1) is 11.9 Å². The summed E-state index contributed by atoms with van der Waals surface area (Å²) in [5.41, 5.74) is 1.68. The van der Waals surface area contributed by atoms with Crippen LogP contribution < -0.4 is 5.32 Å². The maximum atomic E-state index is 8.20. The van der Waals surface area contributed by atoms with Crippen LogP contribution in [0.3, 0.4) is 0 Å². The summed E-state index contributed by atoms with van der Waals surface area (Å²) in [4.78, 5) is 3.98. The van der Waals surface area contributed by atoms with E-state index < -0.39 is 0 Å². The van der Waals surface area contributed by atoms with Crippen molar-refractivity contribution in [1.82, 2.24) is 4.98 Å². The predicted molar refractivity (Wildman–Crippen MR) is 38.2 cm³/mol. The van der Waals surface area contributed by atoms with Gasteiger partial charge in [0.2, 0.25) is 0 Å². The monoisotopic (exact) mass is 133 g/mol. The molecule has 3 heteroatoms. The molecule has 1 aromatic rings. The molecule has 0 aliphatic rings. The van der Waals surface area contributed by atoms with Gasteiger partial charge in [-0.1, -0.05) is 0 Å². The molecule has 0 radical (unpaired) electrons. The fourth-order valence-corrected chi connectivity index (χ4v) is 0.606. The van der Waals surface area contributed by atoms with E-state index in [0.29, 0.717) is 0 Å². The first-order chi connectivity index (χ1) is 4.83. The van der Waals surface area contributed by atoms with Crippen molar-refractivity contribution in [3.8, 4) is 6.19 Å². The molecule has 1 rings (SSSR count). The molecule has 0 saturated heterocycles. The Morgan fingerprint density at radius 1 is 1.60 bits per heavy atom. The molecule has 50 valence electrons. The number of nitrogens with zero attached hydrogens (tertiary/aromatic N) is 2. The van der Waals surface area contributed by atoms with Crippen LogP contribution in [0.5, 0.6) is 0 Å². The summed E-state index contributed by atoms with van der Waals surface area (Å²) in [5.74, 6) is 0. The molecule has 0 amide bonds. The topological polar surface area (TPSA) is 48.7 Å². The molecule has 0 unspecified atom stereocenters. The lowest BCUT2D eigenvalue weighted by Gasteiger charge is -1.94. The van der Waals surface area contributed by atoms with Crippen LogP contribution in [0.1, 0.15) is 5.69 Å². The van der Waals surface area contributed by atoms with E-state index in [1.165, 1.54) is 0 Å². The summed E-state index contributed by atoms with van der Waals surface area (Å²) < 4.78 is 0. The molecule has 0 spiro atoms. The van der Waals surface area contributed by atoms with Crippen molar-refractivity contribution in [1.29, 1.82) is 5.26 Å². The normalized spacial score (nSPS) is 8.40. The number of nitriles is 1. The molecule has 0 aliphatic heterocycles. The maximum Gasteiger partial charge on any atom is 0.181 e. The average Bonchev–Trinajstić information content (AvgIpc) is 1.95. The van der Waals surface area contributed by atoms with E-state index in [2.05, 4.69) is 10.3 Å². The summed E-state index contributed by atoms with van der Waals surface area (Å²) in [6.45, 7) is 1.90. The first kappa shape index (κ1) is 6.56. The summed E-state index contributed by atoms with van der Waals surface area (Å²) >= 11 is 0. The molecule has 0 saturated carbocycles. The highest BCUT2D eigenvalue weighted by Gasteiger charge is 1.87. The number of hydrogen-bond acceptors (Lipinski definition) is 3. The summed E-state index contributed by atoms with van der Waals surface area (Å²) in [6, 6.07) is 3.66. The first-order valence-corrected chi connectivity index (χ1v) is 2.90. The third-order valence-corrected chi connectivity index (χ3v) is 1.11. The smallest absolute Gasteiger partial charge is 0.181 e. The number of pyridine rings is 1. The zero-order chi connectivity index (χ0) is 7.40. The third-order valence-electron chi connectivity index (χ3n) is 1.11. The van der Waals surface area contributed by atoms with E-state index in [9.17, 15) is 0 Å².